The molecule has 2 heterocycles. The molecule has 1 N–H and O–H groups in total. The number of carbonyl (C=O) groups excluding carboxylic acids is 2. The molecule has 0 fully saturated rings. The number of allylic oxidation sites excluding steroid dienone is 1. The second kappa shape index (κ2) is 6.84. The highest BCUT2D eigenvalue weighted by Crippen LogP contribution is 2.38. The molecule has 3 rings (SSSR count). The van der Waals surface area contributed by atoms with Gasteiger partial charge in [-0.2, -0.15) is 0 Å². The highest BCUT2D eigenvalue weighted by Gasteiger charge is 2.26. The molecule has 0 unspecified atom stereocenters. The van der Waals surface area contributed by atoms with Gasteiger partial charge in [0.15, 0.2) is 0 Å². The Morgan fingerprint density at radius 1 is 1.28 bits per heavy atom. The minimum absolute atomic E-state index is 0.0514. The number of benzene rings is 1. The van der Waals surface area contributed by atoms with E-state index in [1.54, 1.807) is 18.2 Å². The Morgan fingerprint density at radius 3 is 2.64 bits per heavy atom. The normalized spacial score (nSPS) is 13.5. The van der Waals surface area contributed by atoms with Gasteiger partial charge in [0.1, 0.15) is 24.5 Å². The van der Waals surface area contributed by atoms with Crippen LogP contribution in [0.5, 0.6) is 0 Å². The molecule has 1 aromatic carbocycles. The largest absolute Gasteiger partial charge is 0.444 e. The van der Waals surface area contributed by atoms with E-state index >= 15 is 0 Å². The van der Waals surface area contributed by atoms with E-state index in [0.717, 1.165) is 22.4 Å². The molecular weight excluding hydrogens is 323 g/mol. The zero-order valence-electron chi connectivity index (χ0n) is 13.9. The molecule has 0 saturated carbocycles. The average Bonchev–Trinajstić information content (AvgIpc) is 2.59. The fourth-order valence-electron chi connectivity index (χ4n) is 2.86. The van der Waals surface area contributed by atoms with Crippen LogP contribution < -0.4 is 5.32 Å². The topological polar surface area (TPSA) is 68.3 Å². The summed E-state index contributed by atoms with van der Waals surface area (Å²) in [5.41, 5.74) is 3.71. The number of rotatable bonds is 4. The number of amides is 1. The van der Waals surface area contributed by atoms with Crippen LogP contribution in [0.3, 0.4) is 0 Å². The molecule has 0 bridgehead atoms. The number of nitrogens with zero attached hydrogens (tertiary/aromatic N) is 1. The molecule has 1 aliphatic heterocycles. The Kier molecular flexibility index (Phi) is 4.61. The third-order valence-corrected chi connectivity index (χ3v) is 3.95. The summed E-state index contributed by atoms with van der Waals surface area (Å²) in [5, 5.41) is 2.62. The zero-order chi connectivity index (χ0) is 18.0. The van der Waals surface area contributed by atoms with Crippen LogP contribution in [0.15, 0.2) is 30.3 Å². The van der Waals surface area contributed by atoms with Gasteiger partial charge in [0, 0.05) is 16.7 Å². The van der Waals surface area contributed by atoms with Gasteiger partial charge < -0.3 is 4.74 Å². The third kappa shape index (κ3) is 3.28. The SMILES string of the molecule is CC(C)c1nc2c(c(-c3ccc(F)cc3)c1/C=C/C=O)COC(=O)N2. The monoisotopic (exact) mass is 340 g/mol. The van der Waals surface area contributed by atoms with Crippen LogP contribution >= 0.6 is 0 Å². The van der Waals surface area contributed by atoms with E-state index in [9.17, 15) is 14.0 Å². The highest BCUT2D eigenvalue weighted by atomic mass is 19.1. The summed E-state index contributed by atoms with van der Waals surface area (Å²) in [5.74, 6) is 0.142. The standard InChI is InChI=1S/C19H17FN2O3/c1-11(2)17-14(4-3-9-23)16(12-5-7-13(20)8-6-12)15-10-25-19(24)22-18(15)21-17/h3-9,11H,10H2,1-2H3,(H,21,22,24)/b4-3+. The van der Waals surface area contributed by atoms with Crippen LogP contribution in [0, 0.1) is 5.82 Å². The van der Waals surface area contributed by atoms with Gasteiger partial charge in [0.2, 0.25) is 0 Å². The first-order chi connectivity index (χ1) is 12.0. The van der Waals surface area contributed by atoms with Gasteiger partial charge in [0.25, 0.3) is 0 Å². The van der Waals surface area contributed by atoms with E-state index in [1.165, 1.54) is 18.2 Å². The third-order valence-electron chi connectivity index (χ3n) is 3.95. The predicted molar refractivity (Wildman–Crippen MR) is 92.6 cm³/mol. The van der Waals surface area contributed by atoms with E-state index in [0.29, 0.717) is 17.7 Å². The van der Waals surface area contributed by atoms with Crippen LogP contribution in [0.4, 0.5) is 15.0 Å². The molecule has 25 heavy (non-hydrogen) atoms. The van der Waals surface area contributed by atoms with Crippen LogP contribution in [0.25, 0.3) is 17.2 Å². The van der Waals surface area contributed by atoms with Gasteiger partial charge in [0.05, 0.1) is 5.69 Å². The molecule has 0 saturated heterocycles. The lowest BCUT2D eigenvalue weighted by atomic mass is 9.90. The van der Waals surface area contributed by atoms with Crippen LogP contribution in [0.2, 0.25) is 0 Å². The molecule has 0 atom stereocenters. The Bertz CT molecular complexity index is 858. The van der Waals surface area contributed by atoms with E-state index in [-0.39, 0.29) is 18.3 Å². The quantitative estimate of drug-likeness (QED) is 0.666. The molecule has 1 aliphatic rings. The fourth-order valence-corrected chi connectivity index (χ4v) is 2.86. The number of halogens is 1. The summed E-state index contributed by atoms with van der Waals surface area (Å²) >= 11 is 0. The number of hydrogen-bond donors (Lipinski definition) is 1. The lowest BCUT2D eigenvalue weighted by Gasteiger charge is -2.24. The summed E-state index contributed by atoms with van der Waals surface area (Å²) in [6, 6.07) is 6.05. The molecule has 5 nitrogen and oxygen atoms in total. The second-order valence-electron chi connectivity index (χ2n) is 5.97. The second-order valence-corrected chi connectivity index (χ2v) is 5.97. The summed E-state index contributed by atoms with van der Waals surface area (Å²) < 4.78 is 18.4. The highest BCUT2D eigenvalue weighted by molar-refractivity contribution is 5.92. The lowest BCUT2D eigenvalue weighted by molar-refractivity contribution is -0.104. The summed E-state index contributed by atoms with van der Waals surface area (Å²) in [7, 11) is 0. The van der Waals surface area contributed by atoms with Crippen molar-refractivity contribution in [3.05, 3.63) is 53.0 Å². The summed E-state index contributed by atoms with van der Waals surface area (Å²) in [6.45, 7) is 4.01. The van der Waals surface area contributed by atoms with E-state index in [1.807, 2.05) is 13.8 Å². The molecule has 1 aromatic heterocycles. The van der Waals surface area contributed by atoms with Crippen molar-refractivity contribution < 1.29 is 18.7 Å². The first kappa shape index (κ1) is 16.8. The van der Waals surface area contributed by atoms with Crippen LogP contribution in [-0.4, -0.2) is 17.4 Å². The maximum absolute atomic E-state index is 13.3. The fraction of sp³-hybridized carbons (Fsp3) is 0.211. The minimum Gasteiger partial charge on any atom is -0.444 e. The van der Waals surface area contributed by atoms with Crippen molar-refractivity contribution >= 4 is 24.3 Å². The number of carbonyl (C=O) groups is 2. The van der Waals surface area contributed by atoms with Crippen molar-refractivity contribution in [1.29, 1.82) is 0 Å². The molecule has 0 aliphatic carbocycles. The summed E-state index contributed by atoms with van der Waals surface area (Å²) in [6.07, 6.45) is 3.21. The first-order valence-corrected chi connectivity index (χ1v) is 7.89. The van der Waals surface area contributed by atoms with Crippen molar-refractivity contribution in [2.75, 3.05) is 5.32 Å². The van der Waals surface area contributed by atoms with Gasteiger partial charge in [-0.25, -0.2) is 14.2 Å². The number of aldehydes is 1. The number of anilines is 1. The minimum atomic E-state index is -0.559. The number of nitrogens with one attached hydrogen (secondary N) is 1. The number of cyclic esters (lactones) is 1. The molecule has 0 spiro atoms. The number of ether oxygens (including phenoxy) is 1. The molecule has 6 heteroatoms. The van der Waals surface area contributed by atoms with Gasteiger partial charge in [-0.3, -0.25) is 10.1 Å². The van der Waals surface area contributed by atoms with E-state index in [2.05, 4.69) is 10.3 Å². The van der Waals surface area contributed by atoms with Crippen molar-refractivity contribution in [3.63, 3.8) is 0 Å². The van der Waals surface area contributed by atoms with Gasteiger partial charge in [-0.15, -0.1) is 0 Å². The van der Waals surface area contributed by atoms with Crippen LogP contribution in [0.1, 0.15) is 36.6 Å². The van der Waals surface area contributed by atoms with Crippen molar-refractivity contribution in [2.45, 2.75) is 26.4 Å². The van der Waals surface area contributed by atoms with E-state index in [4.69, 9.17) is 4.74 Å². The number of aromatic nitrogens is 1. The predicted octanol–water partition coefficient (Wildman–Crippen LogP) is 4.29. The molecule has 128 valence electrons. The molecule has 1 amide bonds. The maximum atomic E-state index is 13.3. The number of hydrogen-bond acceptors (Lipinski definition) is 4. The van der Waals surface area contributed by atoms with Crippen molar-refractivity contribution in [3.8, 4) is 11.1 Å². The molecular formula is C19H17FN2O3. The Labute approximate surface area is 144 Å². The smallest absolute Gasteiger partial charge is 0.413 e. The van der Waals surface area contributed by atoms with E-state index < -0.39 is 6.09 Å². The number of fused-ring (bicyclic) bond motifs is 1. The molecule has 0 radical (unpaired) electrons. The van der Waals surface area contributed by atoms with Crippen LogP contribution in [-0.2, 0) is 16.1 Å². The lowest BCUT2D eigenvalue weighted by Crippen LogP contribution is -2.23. The summed E-state index contributed by atoms with van der Waals surface area (Å²) in [4.78, 5) is 27.0. The average molecular weight is 340 g/mol. The van der Waals surface area contributed by atoms with Gasteiger partial charge in [-0.05, 0) is 35.8 Å². The Morgan fingerprint density at radius 2 is 2.00 bits per heavy atom. The molecule has 2 aromatic rings. The van der Waals surface area contributed by atoms with Crippen molar-refractivity contribution in [1.82, 2.24) is 4.98 Å². The van der Waals surface area contributed by atoms with Gasteiger partial charge in [-0.1, -0.05) is 26.0 Å². The maximum Gasteiger partial charge on any atom is 0.413 e. The first-order valence-electron chi connectivity index (χ1n) is 7.89. The Hall–Kier alpha value is -3.02. The van der Waals surface area contributed by atoms with Crippen molar-refractivity contribution in [2.24, 2.45) is 0 Å². The van der Waals surface area contributed by atoms with Gasteiger partial charge >= 0.3 is 6.09 Å². The Balaban J connectivity index is 2.34. The zero-order valence-corrected chi connectivity index (χ0v) is 13.9. The number of pyridine rings is 1.